The number of carbonyl (C=O) groups excluding carboxylic acids is 2. The molecule has 32 heavy (non-hydrogen) atoms. The molecule has 2 aromatic carbocycles. The van der Waals surface area contributed by atoms with Crippen LogP contribution in [0.3, 0.4) is 0 Å². The molecule has 1 aromatic heterocycles. The zero-order chi connectivity index (χ0) is 22.7. The van der Waals surface area contributed by atoms with Gasteiger partial charge in [0.25, 0.3) is 11.6 Å². The minimum Gasteiger partial charge on any atom is -0.339 e. The molecule has 0 aliphatic carbocycles. The van der Waals surface area contributed by atoms with Gasteiger partial charge in [0.05, 0.1) is 4.92 Å². The molecule has 2 heterocycles. The molecule has 3 amide bonds. The molecule has 0 saturated carbocycles. The van der Waals surface area contributed by atoms with E-state index in [0.29, 0.717) is 49.1 Å². The fraction of sp³-hybridized carbons (Fsp3) is 0.238. The van der Waals surface area contributed by atoms with Gasteiger partial charge in [-0.05, 0) is 24.3 Å². The molecule has 1 saturated heterocycles. The van der Waals surface area contributed by atoms with Crippen molar-refractivity contribution >= 4 is 23.3 Å². The minimum absolute atomic E-state index is 0.0458. The van der Waals surface area contributed by atoms with Gasteiger partial charge in [-0.3, -0.25) is 14.9 Å². The number of rotatable bonds is 4. The summed E-state index contributed by atoms with van der Waals surface area (Å²) in [6, 6.07) is 12.3. The molecule has 11 heteroatoms. The number of hydrogen-bond acceptors (Lipinski definition) is 7. The Morgan fingerprint density at radius 1 is 1.00 bits per heavy atom. The van der Waals surface area contributed by atoms with Gasteiger partial charge in [0.1, 0.15) is 0 Å². The van der Waals surface area contributed by atoms with Crippen molar-refractivity contribution in [2.45, 2.75) is 6.92 Å². The number of nitrogens with zero attached hydrogens (tertiary/aromatic N) is 5. The van der Waals surface area contributed by atoms with Crippen LogP contribution in [0, 0.1) is 17.0 Å². The summed E-state index contributed by atoms with van der Waals surface area (Å²) in [5, 5.41) is 17.3. The standard InChI is InChI=1S/C21H20N6O5/c1-14-22-19(24-32-14)15-2-4-16(5-3-15)20(28)25-10-12-26(13-11-25)21(29)23-17-6-8-18(9-7-17)27(30)31/h2-9H,10-13H2,1H3,(H,23,29). The van der Waals surface area contributed by atoms with E-state index in [-0.39, 0.29) is 17.6 Å². The quantitative estimate of drug-likeness (QED) is 0.491. The van der Waals surface area contributed by atoms with Gasteiger partial charge in [0, 0.05) is 62.0 Å². The summed E-state index contributed by atoms with van der Waals surface area (Å²) >= 11 is 0. The van der Waals surface area contributed by atoms with E-state index in [9.17, 15) is 19.7 Å². The van der Waals surface area contributed by atoms with Crippen LogP contribution >= 0.6 is 0 Å². The number of piperazine rings is 1. The number of aryl methyl sites for hydroxylation is 1. The molecule has 3 aromatic rings. The SMILES string of the molecule is Cc1nc(-c2ccc(C(=O)N3CCN(C(=O)Nc4ccc([N+](=O)[O-])cc4)CC3)cc2)no1. The van der Waals surface area contributed by atoms with Gasteiger partial charge >= 0.3 is 6.03 Å². The summed E-state index contributed by atoms with van der Waals surface area (Å²) in [5.41, 5.74) is 1.72. The van der Waals surface area contributed by atoms with E-state index in [1.807, 2.05) is 0 Å². The van der Waals surface area contributed by atoms with Crippen molar-refractivity contribution in [3.05, 3.63) is 70.1 Å². The second kappa shape index (κ2) is 8.84. The van der Waals surface area contributed by atoms with E-state index in [2.05, 4.69) is 15.5 Å². The smallest absolute Gasteiger partial charge is 0.321 e. The van der Waals surface area contributed by atoms with E-state index < -0.39 is 4.92 Å². The predicted molar refractivity (Wildman–Crippen MR) is 114 cm³/mol. The molecule has 0 radical (unpaired) electrons. The first-order chi connectivity index (χ1) is 15.4. The fourth-order valence-corrected chi connectivity index (χ4v) is 3.34. The van der Waals surface area contributed by atoms with Gasteiger partial charge in [0.2, 0.25) is 11.7 Å². The van der Waals surface area contributed by atoms with E-state index >= 15 is 0 Å². The fourth-order valence-electron chi connectivity index (χ4n) is 3.34. The molecular formula is C21H20N6O5. The van der Waals surface area contributed by atoms with Crippen LogP contribution in [0.1, 0.15) is 16.2 Å². The Balaban J connectivity index is 1.31. The summed E-state index contributed by atoms with van der Waals surface area (Å²) in [4.78, 5) is 43.0. The number of nitro groups is 1. The Morgan fingerprint density at radius 3 is 2.19 bits per heavy atom. The van der Waals surface area contributed by atoms with Crippen LogP contribution in [-0.4, -0.2) is 63.0 Å². The van der Waals surface area contributed by atoms with E-state index in [1.54, 1.807) is 41.0 Å². The van der Waals surface area contributed by atoms with Crippen molar-refractivity contribution in [3.8, 4) is 11.4 Å². The number of nitro benzene ring substituents is 1. The molecule has 0 bridgehead atoms. The zero-order valence-corrected chi connectivity index (χ0v) is 17.2. The van der Waals surface area contributed by atoms with Crippen molar-refractivity contribution < 1.29 is 19.0 Å². The highest BCUT2D eigenvalue weighted by molar-refractivity contribution is 5.95. The van der Waals surface area contributed by atoms with Gasteiger partial charge < -0.3 is 19.6 Å². The molecule has 1 aliphatic heterocycles. The lowest BCUT2D eigenvalue weighted by Crippen LogP contribution is -2.51. The number of amides is 3. The third kappa shape index (κ3) is 4.56. The maximum absolute atomic E-state index is 12.8. The van der Waals surface area contributed by atoms with Crippen molar-refractivity contribution in [2.24, 2.45) is 0 Å². The number of nitrogens with one attached hydrogen (secondary N) is 1. The molecule has 11 nitrogen and oxygen atoms in total. The number of carbonyl (C=O) groups is 2. The predicted octanol–water partition coefficient (Wildman–Crippen LogP) is 2.94. The number of benzene rings is 2. The van der Waals surface area contributed by atoms with Gasteiger partial charge in [-0.1, -0.05) is 17.3 Å². The second-order valence-corrected chi connectivity index (χ2v) is 7.23. The van der Waals surface area contributed by atoms with Gasteiger partial charge in [-0.15, -0.1) is 0 Å². The Bertz CT molecular complexity index is 1130. The van der Waals surface area contributed by atoms with Crippen LogP contribution in [0.2, 0.25) is 0 Å². The molecule has 4 rings (SSSR count). The monoisotopic (exact) mass is 436 g/mol. The average Bonchev–Trinajstić information content (AvgIpc) is 3.25. The van der Waals surface area contributed by atoms with Crippen LogP contribution in [0.5, 0.6) is 0 Å². The molecular weight excluding hydrogens is 416 g/mol. The average molecular weight is 436 g/mol. The van der Waals surface area contributed by atoms with E-state index in [0.717, 1.165) is 5.56 Å². The number of non-ortho nitro benzene ring substituents is 1. The number of anilines is 1. The zero-order valence-electron chi connectivity index (χ0n) is 17.2. The van der Waals surface area contributed by atoms with Gasteiger partial charge in [-0.25, -0.2) is 4.79 Å². The van der Waals surface area contributed by atoms with Crippen LogP contribution in [-0.2, 0) is 0 Å². The largest absolute Gasteiger partial charge is 0.339 e. The lowest BCUT2D eigenvalue weighted by atomic mass is 10.1. The number of urea groups is 1. The topological polar surface area (TPSA) is 135 Å². The first-order valence-electron chi connectivity index (χ1n) is 9.91. The first kappa shape index (κ1) is 21.0. The van der Waals surface area contributed by atoms with Gasteiger partial charge in [-0.2, -0.15) is 4.98 Å². The Labute approximate surface area is 182 Å². The Morgan fingerprint density at radius 2 is 1.62 bits per heavy atom. The molecule has 0 spiro atoms. The van der Waals surface area contributed by atoms with Crippen molar-refractivity contribution in [1.29, 1.82) is 0 Å². The van der Waals surface area contributed by atoms with Crippen molar-refractivity contribution in [2.75, 3.05) is 31.5 Å². The molecule has 0 unspecified atom stereocenters. The minimum atomic E-state index is -0.498. The van der Waals surface area contributed by atoms with Crippen LogP contribution in [0.15, 0.2) is 53.1 Å². The Hall–Kier alpha value is -4.28. The highest BCUT2D eigenvalue weighted by Gasteiger charge is 2.25. The summed E-state index contributed by atoms with van der Waals surface area (Å²) in [5.74, 6) is 0.820. The highest BCUT2D eigenvalue weighted by Crippen LogP contribution is 2.19. The van der Waals surface area contributed by atoms with Crippen molar-refractivity contribution in [1.82, 2.24) is 19.9 Å². The maximum Gasteiger partial charge on any atom is 0.321 e. The molecule has 1 fully saturated rings. The molecule has 1 N–H and O–H groups in total. The normalized spacial score (nSPS) is 13.7. The second-order valence-electron chi connectivity index (χ2n) is 7.23. The van der Waals surface area contributed by atoms with E-state index in [1.165, 1.54) is 24.3 Å². The maximum atomic E-state index is 12.8. The highest BCUT2D eigenvalue weighted by atomic mass is 16.6. The summed E-state index contributed by atoms with van der Waals surface area (Å²) in [6.45, 7) is 3.27. The van der Waals surface area contributed by atoms with Crippen LogP contribution in [0.25, 0.3) is 11.4 Å². The summed E-state index contributed by atoms with van der Waals surface area (Å²) in [7, 11) is 0. The Kier molecular flexibility index (Phi) is 5.79. The molecule has 1 aliphatic rings. The molecule has 164 valence electrons. The lowest BCUT2D eigenvalue weighted by Gasteiger charge is -2.34. The first-order valence-corrected chi connectivity index (χ1v) is 9.91. The van der Waals surface area contributed by atoms with Gasteiger partial charge in [0.15, 0.2) is 0 Å². The third-order valence-corrected chi connectivity index (χ3v) is 5.10. The summed E-state index contributed by atoms with van der Waals surface area (Å²) in [6.07, 6.45) is 0. The summed E-state index contributed by atoms with van der Waals surface area (Å²) < 4.78 is 4.97. The number of aromatic nitrogens is 2. The van der Waals surface area contributed by atoms with E-state index in [4.69, 9.17) is 4.52 Å². The lowest BCUT2D eigenvalue weighted by molar-refractivity contribution is -0.384. The van der Waals surface area contributed by atoms with Crippen molar-refractivity contribution in [3.63, 3.8) is 0 Å². The number of hydrogen-bond donors (Lipinski definition) is 1. The molecule has 0 atom stereocenters. The van der Waals surface area contributed by atoms with Crippen LogP contribution in [0.4, 0.5) is 16.2 Å². The third-order valence-electron chi connectivity index (χ3n) is 5.10. The van der Waals surface area contributed by atoms with Crippen LogP contribution < -0.4 is 5.32 Å².